The number of nitrogens with one attached hydrogen (secondary N) is 2. The van der Waals surface area contributed by atoms with E-state index in [0.29, 0.717) is 28.6 Å². The van der Waals surface area contributed by atoms with Gasteiger partial charge in [0.1, 0.15) is 0 Å². The number of anilines is 3. The third-order valence-electron chi connectivity index (χ3n) is 7.55. The zero-order valence-corrected chi connectivity index (χ0v) is 26.8. The minimum Gasteiger partial charge on any atom is -0.493 e. The van der Waals surface area contributed by atoms with Crippen LogP contribution in [-0.4, -0.2) is 58.6 Å². The normalized spacial score (nSPS) is 13.0. The van der Waals surface area contributed by atoms with Crippen molar-refractivity contribution in [1.29, 1.82) is 0 Å². The quantitative estimate of drug-likeness (QED) is 0.132. The van der Waals surface area contributed by atoms with Gasteiger partial charge in [-0.15, -0.1) is 11.3 Å². The molecule has 0 atom stereocenters. The molecule has 0 fully saturated rings. The van der Waals surface area contributed by atoms with E-state index in [0.717, 1.165) is 35.1 Å². The molecule has 0 unspecified atom stereocenters. The number of hydrogen-bond donors (Lipinski definition) is 2. The Morgan fingerprint density at radius 3 is 2.58 bits per heavy atom. The van der Waals surface area contributed by atoms with E-state index in [2.05, 4.69) is 44.4 Å². The summed E-state index contributed by atoms with van der Waals surface area (Å²) < 4.78 is 48.5. The lowest BCUT2D eigenvalue weighted by Gasteiger charge is -2.25. The summed E-state index contributed by atoms with van der Waals surface area (Å²) in [6, 6.07) is 18.8. The second-order valence-electron chi connectivity index (χ2n) is 11.0. The molecule has 3 heterocycles. The van der Waals surface area contributed by atoms with Gasteiger partial charge in [0.25, 0.3) is 5.91 Å². The van der Waals surface area contributed by atoms with E-state index in [4.69, 9.17) is 14.7 Å². The lowest BCUT2D eigenvalue weighted by Crippen LogP contribution is -2.29. The van der Waals surface area contributed by atoms with Crippen LogP contribution >= 0.6 is 11.3 Å². The third-order valence-corrected chi connectivity index (χ3v) is 8.54. The van der Waals surface area contributed by atoms with E-state index in [1.807, 2.05) is 19.1 Å². The molecule has 6 rings (SSSR count). The summed E-state index contributed by atoms with van der Waals surface area (Å²) in [6.45, 7) is 3.78. The number of benzene rings is 3. The number of thiazole rings is 1. The summed E-state index contributed by atoms with van der Waals surface area (Å²) in [6.07, 6.45) is -2.59. The first-order chi connectivity index (χ1) is 23.0. The Labute approximate surface area is 277 Å². The van der Waals surface area contributed by atoms with Gasteiger partial charge in [-0.1, -0.05) is 24.3 Å². The molecule has 1 amide bonds. The highest BCUT2D eigenvalue weighted by atomic mass is 32.1. The van der Waals surface area contributed by atoms with E-state index >= 15 is 0 Å². The number of esters is 1. The zero-order chi connectivity index (χ0) is 34.0. The lowest BCUT2D eigenvalue weighted by molar-refractivity contribution is -0.189. The molecule has 246 valence electrons. The minimum atomic E-state index is -5.27. The van der Waals surface area contributed by atoms with Gasteiger partial charge < -0.3 is 25.0 Å². The van der Waals surface area contributed by atoms with Gasteiger partial charge >= 0.3 is 12.1 Å². The molecule has 0 aliphatic carbocycles. The molecule has 0 radical (unpaired) electrons. The summed E-state index contributed by atoms with van der Waals surface area (Å²) in [7, 11) is 3.29. The highest BCUT2D eigenvalue weighted by Gasteiger charge is 2.42. The maximum absolute atomic E-state index is 13.3. The molecule has 0 bridgehead atoms. The van der Waals surface area contributed by atoms with Crippen molar-refractivity contribution in [2.45, 2.75) is 26.1 Å². The number of para-hydroxylation sites is 1. The van der Waals surface area contributed by atoms with Crippen molar-refractivity contribution >= 4 is 40.5 Å². The highest BCUT2D eigenvalue weighted by molar-refractivity contribution is 7.15. The number of halogens is 3. The van der Waals surface area contributed by atoms with Crippen molar-refractivity contribution in [1.82, 2.24) is 19.9 Å². The Kier molecular flexibility index (Phi) is 9.11. The standard InChI is InChI=1S/C34H29F3N6O4S/c1-19-39-28(30(48-19)26-12-14-38-33(42-26)41-24-11-10-20-13-15-43(2)18-22(20)17-24)21-6-4-7-23(16-21)40-31(44)25-8-5-9-27(46-3)29(25)47-32(45)34(35,36)37/h4-12,14,16-17H,13,15,18H2,1-3H3,(H,40,44)(H,38,41,42). The fourth-order valence-corrected chi connectivity index (χ4v) is 6.21. The van der Waals surface area contributed by atoms with Crippen molar-refractivity contribution < 1.29 is 32.2 Å². The molecule has 2 aromatic heterocycles. The van der Waals surface area contributed by atoms with Crippen molar-refractivity contribution in [2.24, 2.45) is 0 Å². The van der Waals surface area contributed by atoms with Gasteiger partial charge in [0, 0.05) is 36.2 Å². The number of methoxy groups -OCH3 is 1. The van der Waals surface area contributed by atoms with Gasteiger partial charge in [0.05, 0.1) is 33.9 Å². The summed E-state index contributed by atoms with van der Waals surface area (Å²) in [4.78, 5) is 41.9. The molecular weight excluding hydrogens is 645 g/mol. The van der Waals surface area contributed by atoms with Crippen molar-refractivity contribution in [3.05, 3.63) is 94.6 Å². The molecule has 14 heteroatoms. The molecular formula is C34H29F3N6O4S. The summed E-state index contributed by atoms with van der Waals surface area (Å²) in [5, 5.41) is 6.77. The Morgan fingerprint density at radius 1 is 0.979 bits per heavy atom. The Bertz CT molecular complexity index is 2020. The van der Waals surface area contributed by atoms with Crippen LogP contribution in [0.15, 0.2) is 72.9 Å². The van der Waals surface area contributed by atoms with Crippen LogP contribution in [-0.2, 0) is 17.8 Å². The van der Waals surface area contributed by atoms with Gasteiger partial charge in [-0.3, -0.25) is 4.79 Å². The average molecular weight is 675 g/mol. The second-order valence-corrected chi connectivity index (χ2v) is 12.2. The van der Waals surface area contributed by atoms with E-state index < -0.39 is 23.8 Å². The van der Waals surface area contributed by atoms with Gasteiger partial charge in [0.15, 0.2) is 11.5 Å². The van der Waals surface area contributed by atoms with Crippen LogP contribution in [0.25, 0.3) is 21.8 Å². The molecule has 48 heavy (non-hydrogen) atoms. The highest BCUT2D eigenvalue weighted by Crippen LogP contribution is 2.38. The maximum atomic E-state index is 13.3. The third kappa shape index (κ3) is 7.14. The number of aryl methyl sites for hydroxylation is 1. The number of rotatable bonds is 8. The molecule has 3 aromatic carbocycles. The van der Waals surface area contributed by atoms with Crippen molar-refractivity contribution in [3.8, 4) is 33.3 Å². The molecule has 10 nitrogen and oxygen atoms in total. The Morgan fingerprint density at radius 2 is 1.79 bits per heavy atom. The first kappa shape index (κ1) is 32.6. The minimum absolute atomic E-state index is 0.213. The Balaban J connectivity index is 1.25. The number of carbonyl (C=O) groups excluding carboxylic acids is 2. The number of hydrogen-bond acceptors (Lipinski definition) is 10. The number of likely N-dealkylation sites (N-methyl/N-ethyl adjacent to an activating group) is 1. The molecule has 0 spiro atoms. The first-order valence-corrected chi connectivity index (χ1v) is 15.6. The van der Waals surface area contributed by atoms with Crippen LogP contribution in [0.4, 0.5) is 30.5 Å². The van der Waals surface area contributed by atoms with Gasteiger partial charge in [-0.2, -0.15) is 13.2 Å². The molecule has 2 N–H and O–H groups in total. The zero-order valence-electron chi connectivity index (χ0n) is 26.0. The first-order valence-electron chi connectivity index (χ1n) is 14.7. The predicted octanol–water partition coefficient (Wildman–Crippen LogP) is 7.04. The van der Waals surface area contributed by atoms with Crippen LogP contribution < -0.4 is 20.1 Å². The van der Waals surface area contributed by atoms with Crippen LogP contribution in [0.2, 0.25) is 0 Å². The number of ether oxygens (including phenoxy) is 2. The number of amides is 1. The molecule has 0 saturated carbocycles. The number of carbonyl (C=O) groups is 2. The van der Waals surface area contributed by atoms with E-state index in [9.17, 15) is 22.8 Å². The van der Waals surface area contributed by atoms with E-state index in [1.165, 1.54) is 47.8 Å². The lowest BCUT2D eigenvalue weighted by atomic mass is 9.99. The van der Waals surface area contributed by atoms with Crippen molar-refractivity contribution in [2.75, 3.05) is 31.3 Å². The van der Waals surface area contributed by atoms with Gasteiger partial charge in [-0.05, 0) is 74.0 Å². The Hall–Kier alpha value is -5.34. The topological polar surface area (TPSA) is 119 Å². The van der Waals surface area contributed by atoms with E-state index in [-0.39, 0.29) is 11.3 Å². The monoisotopic (exact) mass is 674 g/mol. The molecule has 1 aliphatic heterocycles. The summed E-state index contributed by atoms with van der Waals surface area (Å²) in [5.41, 5.74) is 5.42. The summed E-state index contributed by atoms with van der Waals surface area (Å²) in [5.74, 6) is -3.73. The fourth-order valence-electron chi connectivity index (χ4n) is 5.30. The second kappa shape index (κ2) is 13.4. The summed E-state index contributed by atoms with van der Waals surface area (Å²) >= 11 is 1.45. The fraction of sp³-hybridized carbons (Fsp3) is 0.206. The largest absolute Gasteiger partial charge is 0.493 e. The van der Waals surface area contributed by atoms with Crippen LogP contribution in [0.5, 0.6) is 11.5 Å². The van der Waals surface area contributed by atoms with Crippen LogP contribution in [0, 0.1) is 6.92 Å². The SMILES string of the molecule is COc1cccc(C(=O)Nc2cccc(-c3nc(C)sc3-c3ccnc(Nc4ccc5c(c4)CN(C)CC5)n3)c2)c1OC(=O)C(F)(F)F. The smallest absolute Gasteiger partial charge is 0.491 e. The predicted molar refractivity (Wildman–Crippen MR) is 176 cm³/mol. The van der Waals surface area contributed by atoms with Gasteiger partial charge in [-0.25, -0.2) is 19.7 Å². The average Bonchev–Trinajstić information content (AvgIpc) is 3.46. The van der Waals surface area contributed by atoms with E-state index in [1.54, 1.807) is 30.5 Å². The maximum Gasteiger partial charge on any atom is 0.491 e. The number of alkyl halides is 3. The van der Waals surface area contributed by atoms with Crippen LogP contribution in [0.1, 0.15) is 26.5 Å². The molecule has 5 aromatic rings. The van der Waals surface area contributed by atoms with Crippen LogP contribution in [0.3, 0.4) is 0 Å². The van der Waals surface area contributed by atoms with Crippen molar-refractivity contribution in [3.63, 3.8) is 0 Å². The molecule has 1 aliphatic rings. The van der Waals surface area contributed by atoms with Gasteiger partial charge in [0.2, 0.25) is 5.95 Å². The molecule has 0 saturated heterocycles. The number of fused-ring (bicyclic) bond motifs is 1. The number of aromatic nitrogens is 3. The number of nitrogens with zero attached hydrogens (tertiary/aromatic N) is 4.